The van der Waals surface area contributed by atoms with E-state index in [0.29, 0.717) is 6.54 Å². The highest BCUT2D eigenvalue weighted by Gasteiger charge is 2.37. The number of hydrogen-bond acceptors (Lipinski definition) is 4. The second-order valence-corrected chi connectivity index (χ2v) is 5.40. The van der Waals surface area contributed by atoms with E-state index in [2.05, 4.69) is 15.3 Å². The largest absolute Gasteiger partial charge is 0.434 e. The quantitative estimate of drug-likeness (QED) is 0.672. The number of alkyl halides is 3. The van der Waals surface area contributed by atoms with Crippen LogP contribution < -0.4 is 5.32 Å². The van der Waals surface area contributed by atoms with Crippen LogP contribution in [0.2, 0.25) is 0 Å². The minimum absolute atomic E-state index is 0.00974. The highest BCUT2D eigenvalue weighted by atomic mass is 32.1. The summed E-state index contributed by atoms with van der Waals surface area (Å²) in [4.78, 5) is 7.21. The number of aromatic nitrogens is 2. The zero-order valence-corrected chi connectivity index (χ0v) is 12.0. The zero-order valence-electron chi connectivity index (χ0n) is 11.2. The van der Waals surface area contributed by atoms with Gasteiger partial charge in [0, 0.05) is 18.3 Å². The average molecular weight is 319 g/mol. The molecule has 0 saturated carbocycles. The molecular formula is C13H13F4N3S. The minimum atomic E-state index is -4.55. The number of thiazole rings is 1. The Bertz CT molecular complexity index is 610. The van der Waals surface area contributed by atoms with Gasteiger partial charge in [-0.1, -0.05) is 6.92 Å². The summed E-state index contributed by atoms with van der Waals surface area (Å²) in [5.74, 6) is -0.687. The lowest BCUT2D eigenvalue weighted by Crippen LogP contribution is -2.17. The van der Waals surface area contributed by atoms with Gasteiger partial charge in [0.05, 0.1) is 11.1 Å². The topological polar surface area (TPSA) is 37.8 Å². The smallest absolute Gasteiger partial charge is 0.312 e. The lowest BCUT2D eigenvalue weighted by molar-refractivity contribution is -0.141. The molecule has 0 saturated heterocycles. The van der Waals surface area contributed by atoms with Crippen LogP contribution in [0.25, 0.3) is 10.6 Å². The molecule has 0 amide bonds. The molecule has 0 aliphatic carbocycles. The Balaban J connectivity index is 2.38. The number of nitrogens with zero attached hydrogens (tertiary/aromatic N) is 2. The van der Waals surface area contributed by atoms with E-state index < -0.39 is 17.7 Å². The third-order valence-electron chi connectivity index (χ3n) is 2.68. The fourth-order valence-electron chi connectivity index (χ4n) is 1.74. The van der Waals surface area contributed by atoms with Gasteiger partial charge in [-0.15, -0.1) is 11.3 Å². The molecule has 3 nitrogen and oxygen atoms in total. The Morgan fingerprint density at radius 2 is 2.10 bits per heavy atom. The SMILES string of the molecule is CCCNCc1sc(-c2ccncc2F)nc1C(F)(F)F. The van der Waals surface area contributed by atoms with Gasteiger partial charge >= 0.3 is 6.18 Å². The van der Waals surface area contributed by atoms with Gasteiger partial charge < -0.3 is 5.32 Å². The summed E-state index contributed by atoms with van der Waals surface area (Å²) in [6, 6.07) is 1.32. The van der Waals surface area contributed by atoms with Crippen LogP contribution in [-0.2, 0) is 12.7 Å². The van der Waals surface area contributed by atoms with E-state index in [1.54, 1.807) is 0 Å². The third kappa shape index (κ3) is 3.76. The van der Waals surface area contributed by atoms with E-state index in [0.717, 1.165) is 24.0 Å². The molecular weight excluding hydrogens is 306 g/mol. The van der Waals surface area contributed by atoms with E-state index >= 15 is 0 Å². The van der Waals surface area contributed by atoms with E-state index in [9.17, 15) is 17.6 Å². The van der Waals surface area contributed by atoms with Gasteiger partial charge in [0.2, 0.25) is 0 Å². The number of halogens is 4. The number of hydrogen-bond donors (Lipinski definition) is 1. The first-order valence-electron chi connectivity index (χ1n) is 6.31. The minimum Gasteiger partial charge on any atom is -0.312 e. The molecule has 0 atom stereocenters. The first kappa shape index (κ1) is 15.8. The molecule has 0 radical (unpaired) electrons. The first-order chi connectivity index (χ1) is 9.93. The molecule has 0 unspecified atom stereocenters. The van der Waals surface area contributed by atoms with Crippen molar-refractivity contribution in [3.05, 3.63) is 34.8 Å². The summed E-state index contributed by atoms with van der Waals surface area (Å²) in [5.41, 5.74) is -0.926. The molecule has 2 aromatic rings. The maximum Gasteiger partial charge on any atom is 0.434 e. The molecule has 0 spiro atoms. The first-order valence-corrected chi connectivity index (χ1v) is 7.12. The van der Waals surface area contributed by atoms with Crippen LogP contribution in [0.4, 0.5) is 17.6 Å². The van der Waals surface area contributed by atoms with Gasteiger partial charge in [0.25, 0.3) is 0 Å². The molecule has 2 aromatic heterocycles. The molecule has 2 heterocycles. The molecule has 2 rings (SSSR count). The van der Waals surface area contributed by atoms with E-state index in [4.69, 9.17) is 0 Å². The van der Waals surface area contributed by atoms with Gasteiger partial charge in [-0.25, -0.2) is 9.37 Å². The lowest BCUT2D eigenvalue weighted by atomic mass is 10.2. The van der Waals surface area contributed by atoms with E-state index in [-0.39, 0.29) is 22.0 Å². The van der Waals surface area contributed by atoms with Crippen LogP contribution in [0.5, 0.6) is 0 Å². The molecule has 21 heavy (non-hydrogen) atoms. The van der Waals surface area contributed by atoms with Crippen molar-refractivity contribution in [3.8, 4) is 10.6 Å². The monoisotopic (exact) mass is 319 g/mol. The molecule has 0 bridgehead atoms. The number of nitrogens with one attached hydrogen (secondary N) is 1. The average Bonchev–Trinajstić information content (AvgIpc) is 2.83. The van der Waals surface area contributed by atoms with Gasteiger partial charge in [0.15, 0.2) is 11.5 Å². The third-order valence-corrected chi connectivity index (χ3v) is 3.77. The highest BCUT2D eigenvalue weighted by Crippen LogP contribution is 2.38. The van der Waals surface area contributed by atoms with Crippen LogP contribution in [0, 0.1) is 5.82 Å². The van der Waals surface area contributed by atoms with Crippen LogP contribution in [0.3, 0.4) is 0 Å². The molecule has 0 aliphatic heterocycles. The van der Waals surface area contributed by atoms with Gasteiger partial charge in [0.1, 0.15) is 5.01 Å². The fourth-order valence-corrected chi connectivity index (χ4v) is 2.81. The molecule has 1 N–H and O–H groups in total. The molecule has 0 aromatic carbocycles. The molecule has 0 aliphatic rings. The van der Waals surface area contributed by atoms with Crippen LogP contribution >= 0.6 is 11.3 Å². The maximum atomic E-state index is 13.6. The predicted molar refractivity (Wildman–Crippen MR) is 72.3 cm³/mol. The van der Waals surface area contributed by atoms with Crippen LogP contribution in [0.1, 0.15) is 23.9 Å². The lowest BCUT2D eigenvalue weighted by Gasteiger charge is -2.06. The Hall–Kier alpha value is -1.54. The van der Waals surface area contributed by atoms with E-state index in [1.807, 2.05) is 6.92 Å². The fraction of sp³-hybridized carbons (Fsp3) is 0.385. The summed E-state index contributed by atoms with van der Waals surface area (Å²) in [6.45, 7) is 2.59. The van der Waals surface area contributed by atoms with Crippen molar-refractivity contribution in [1.82, 2.24) is 15.3 Å². The van der Waals surface area contributed by atoms with Gasteiger partial charge in [-0.2, -0.15) is 13.2 Å². The summed E-state index contributed by atoms with van der Waals surface area (Å²) in [7, 11) is 0. The Morgan fingerprint density at radius 1 is 1.33 bits per heavy atom. The maximum absolute atomic E-state index is 13.6. The standard InChI is InChI=1S/C13H13F4N3S/c1-2-4-18-7-10-11(13(15,16)17)20-12(21-10)8-3-5-19-6-9(8)14/h3,5-6,18H,2,4,7H2,1H3. The second-order valence-electron chi connectivity index (χ2n) is 4.32. The van der Waals surface area contributed by atoms with Crippen molar-refractivity contribution < 1.29 is 17.6 Å². The highest BCUT2D eigenvalue weighted by molar-refractivity contribution is 7.15. The van der Waals surface area contributed by atoms with Crippen molar-refractivity contribution in [2.45, 2.75) is 26.1 Å². The number of pyridine rings is 1. The van der Waals surface area contributed by atoms with Crippen LogP contribution in [-0.4, -0.2) is 16.5 Å². The summed E-state index contributed by atoms with van der Waals surface area (Å²) >= 11 is 0.843. The predicted octanol–water partition coefficient (Wildman–Crippen LogP) is 3.86. The molecule has 0 fully saturated rings. The van der Waals surface area contributed by atoms with Gasteiger partial charge in [-0.05, 0) is 19.0 Å². The van der Waals surface area contributed by atoms with E-state index in [1.165, 1.54) is 12.3 Å². The molecule has 8 heteroatoms. The summed E-state index contributed by atoms with van der Waals surface area (Å²) in [6.07, 6.45) is -1.46. The van der Waals surface area contributed by atoms with Crippen molar-refractivity contribution >= 4 is 11.3 Å². The normalized spacial score (nSPS) is 11.9. The van der Waals surface area contributed by atoms with Crippen molar-refractivity contribution in [3.63, 3.8) is 0 Å². The second kappa shape index (κ2) is 6.48. The Kier molecular flexibility index (Phi) is 4.89. The van der Waals surface area contributed by atoms with Gasteiger partial charge in [-0.3, -0.25) is 4.98 Å². The molecule has 114 valence electrons. The summed E-state index contributed by atoms with van der Waals surface area (Å²) < 4.78 is 52.6. The van der Waals surface area contributed by atoms with Crippen molar-refractivity contribution in [2.75, 3.05) is 6.54 Å². The van der Waals surface area contributed by atoms with Crippen molar-refractivity contribution in [2.24, 2.45) is 0 Å². The number of rotatable bonds is 5. The Labute approximate surface area is 123 Å². The zero-order chi connectivity index (χ0) is 15.5. The van der Waals surface area contributed by atoms with Crippen molar-refractivity contribution in [1.29, 1.82) is 0 Å². The summed E-state index contributed by atoms with van der Waals surface area (Å²) in [5, 5.41) is 2.92. The van der Waals surface area contributed by atoms with Crippen LogP contribution in [0.15, 0.2) is 18.5 Å². The Morgan fingerprint density at radius 3 is 2.71 bits per heavy atom.